The van der Waals surface area contributed by atoms with E-state index in [9.17, 15) is 19.2 Å². The molecule has 2 fully saturated rings. The highest BCUT2D eigenvalue weighted by molar-refractivity contribution is 8.18. The Morgan fingerprint density at radius 2 is 1.72 bits per heavy atom. The SMILES string of the molecule is CCOc1cc(/C=C2\SC(=O)N(CC(=O)N3CCCCC3)C2=O)ccc1OC(=O)c1cccc2ccccc12. The molecule has 39 heavy (non-hydrogen) atoms. The number of likely N-dealkylation sites (tertiary alicyclic amines) is 1. The maximum Gasteiger partial charge on any atom is 0.344 e. The van der Waals surface area contributed by atoms with Crippen LogP contribution in [0.25, 0.3) is 16.8 Å². The largest absolute Gasteiger partial charge is 0.490 e. The fourth-order valence-electron chi connectivity index (χ4n) is 4.69. The van der Waals surface area contributed by atoms with Crippen molar-refractivity contribution >= 4 is 51.6 Å². The number of nitrogens with zero attached hydrogens (tertiary/aromatic N) is 2. The zero-order valence-electron chi connectivity index (χ0n) is 21.6. The predicted octanol–water partition coefficient (Wildman–Crippen LogP) is 5.51. The van der Waals surface area contributed by atoms with Crippen molar-refractivity contribution in [1.82, 2.24) is 9.80 Å². The summed E-state index contributed by atoms with van der Waals surface area (Å²) in [4.78, 5) is 54.1. The van der Waals surface area contributed by atoms with Crippen LogP contribution < -0.4 is 9.47 Å². The second kappa shape index (κ2) is 11.7. The first kappa shape index (κ1) is 26.5. The second-order valence-electron chi connectivity index (χ2n) is 9.26. The number of thioether (sulfide) groups is 1. The summed E-state index contributed by atoms with van der Waals surface area (Å²) >= 11 is 0.799. The molecule has 0 N–H and O–H groups in total. The first-order chi connectivity index (χ1) is 18.9. The van der Waals surface area contributed by atoms with Gasteiger partial charge in [0.2, 0.25) is 5.91 Å². The Hall–Kier alpha value is -4.11. The molecule has 0 radical (unpaired) electrons. The van der Waals surface area contributed by atoms with Crippen LogP contribution in [0.5, 0.6) is 11.5 Å². The van der Waals surface area contributed by atoms with E-state index in [0.29, 0.717) is 36.6 Å². The molecule has 0 atom stereocenters. The topological polar surface area (TPSA) is 93.2 Å². The lowest BCUT2D eigenvalue weighted by Gasteiger charge is -2.27. The Balaban J connectivity index is 1.33. The van der Waals surface area contributed by atoms with Crippen LogP contribution in [-0.2, 0) is 9.59 Å². The van der Waals surface area contributed by atoms with Crippen LogP contribution in [0.4, 0.5) is 4.79 Å². The van der Waals surface area contributed by atoms with E-state index in [1.54, 1.807) is 41.3 Å². The second-order valence-corrected chi connectivity index (χ2v) is 10.3. The van der Waals surface area contributed by atoms with Gasteiger partial charge in [-0.25, -0.2) is 4.79 Å². The van der Waals surface area contributed by atoms with Crippen molar-refractivity contribution in [3.8, 4) is 11.5 Å². The third kappa shape index (κ3) is 5.83. The van der Waals surface area contributed by atoms with Gasteiger partial charge in [0, 0.05) is 13.1 Å². The molecule has 0 aromatic heterocycles. The molecular formula is C30H28N2O6S. The molecule has 2 aliphatic rings. The fraction of sp³-hybridized carbons (Fsp3) is 0.267. The maximum absolute atomic E-state index is 13.1. The highest BCUT2D eigenvalue weighted by atomic mass is 32.2. The standard InChI is InChI=1S/C30H28N2O6S/c1-2-37-25-17-20(13-14-24(25)38-29(35)23-12-8-10-21-9-4-5-11-22(21)23)18-26-28(34)32(30(36)39-26)19-27(33)31-15-6-3-7-16-31/h4-5,8-14,17-18H,2-3,6-7,15-16,19H2,1H3/b26-18-. The van der Waals surface area contributed by atoms with E-state index in [1.165, 1.54) is 0 Å². The van der Waals surface area contributed by atoms with Crippen LogP contribution in [0.15, 0.2) is 65.6 Å². The van der Waals surface area contributed by atoms with Crippen molar-refractivity contribution in [2.75, 3.05) is 26.2 Å². The van der Waals surface area contributed by atoms with Crippen molar-refractivity contribution in [3.63, 3.8) is 0 Å². The number of hydrogen-bond acceptors (Lipinski definition) is 7. The van der Waals surface area contributed by atoms with Crippen LogP contribution in [0.2, 0.25) is 0 Å². The van der Waals surface area contributed by atoms with Gasteiger partial charge in [-0.05, 0) is 78.6 Å². The number of amides is 3. The molecule has 3 amide bonds. The van der Waals surface area contributed by atoms with Crippen LogP contribution in [0.3, 0.4) is 0 Å². The summed E-state index contributed by atoms with van der Waals surface area (Å²) in [5.74, 6) is -0.652. The van der Waals surface area contributed by atoms with Gasteiger partial charge < -0.3 is 14.4 Å². The average molecular weight is 545 g/mol. The number of rotatable bonds is 7. The summed E-state index contributed by atoms with van der Waals surface area (Å²) in [6.07, 6.45) is 4.53. The minimum Gasteiger partial charge on any atom is -0.490 e. The summed E-state index contributed by atoms with van der Waals surface area (Å²) in [7, 11) is 0. The van der Waals surface area contributed by atoms with Gasteiger partial charge in [-0.3, -0.25) is 19.3 Å². The smallest absolute Gasteiger partial charge is 0.344 e. The Morgan fingerprint density at radius 3 is 2.51 bits per heavy atom. The maximum atomic E-state index is 13.1. The fourth-order valence-corrected chi connectivity index (χ4v) is 5.53. The third-order valence-electron chi connectivity index (χ3n) is 6.65. The Kier molecular flexibility index (Phi) is 7.97. The first-order valence-electron chi connectivity index (χ1n) is 12.9. The molecule has 0 spiro atoms. The molecule has 2 heterocycles. The molecule has 0 unspecified atom stereocenters. The molecule has 9 heteroatoms. The molecule has 0 bridgehead atoms. The highest BCUT2D eigenvalue weighted by Gasteiger charge is 2.37. The average Bonchev–Trinajstić information content (AvgIpc) is 3.21. The number of benzene rings is 3. The summed E-state index contributed by atoms with van der Waals surface area (Å²) < 4.78 is 11.4. The normalized spacial score (nSPS) is 16.7. The van der Waals surface area contributed by atoms with E-state index < -0.39 is 17.1 Å². The lowest BCUT2D eigenvalue weighted by Crippen LogP contribution is -2.44. The van der Waals surface area contributed by atoms with Gasteiger partial charge in [-0.15, -0.1) is 0 Å². The van der Waals surface area contributed by atoms with Crippen molar-refractivity contribution < 1.29 is 28.7 Å². The lowest BCUT2D eigenvalue weighted by molar-refractivity contribution is -0.136. The van der Waals surface area contributed by atoms with E-state index in [-0.39, 0.29) is 23.1 Å². The number of fused-ring (bicyclic) bond motifs is 1. The quantitative estimate of drug-likeness (QED) is 0.220. The summed E-state index contributed by atoms with van der Waals surface area (Å²) in [5, 5.41) is 1.25. The first-order valence-corrected chi connectivity index (χ1v) is 13.8. The molecule has 0 saturated carbocycles. The van der Waals surface area contributed by atoms with E-state index in [0.717, 1.165) is 46.7 Å². The van der Waals surface area contributed by atoms with Crippen molar-refractivity contribution in [1.29, 1.82) is 0 Å². The highest BCUT2D eigenvalue weighted by Crippen LogP contribution is 2.35. The zero-order valence-corrected chi connectivity index (χ0v) is 22.4. The van der Waals surface area contributed by atoms with Crippen LogP contribution >= 0.6 is 11.8 Å². The number of imide groups is 1. The Labute approximate surface area is 230 Å². The number of carbonyl (C=O) groups is 4. The van der Waals surface area contributed by atoms with Gasteiger partial charge >= 0.3 is 5.97 Å². The van der Waals surface area contributed by atoms with E-state index in [1.807, 2.05) is 37.3 Å². The number of esters is 1. The van der Waals surface area contributed by atoms with E-state index >= 15 is 0 Å². The molecule has 3 aromatic rings. The number of hydrogen-bond donors (Lipinski definition) is 0. The summed E-state index contributed by atoms with van der Waals surface area (Å²) in [6, 6.07) is 18.0. The van der Waals surface area contributed by atoms with Gasteiger partial charge in [-0.1, -0.05) is 42.5 Å². The van der Waals surface area contributed by atoms with Gasteiger partial charge in [-0.2, -0.15) is 0 Å². The van der Waals surface area contributed by atoms with E-state index in [4.69, 9.17) is 9.47 Å². The van der Waals surface area contributed by atoms with E-state index in [2.05, 4.69) is 0 Å². The number of carbonyl (C=O) groups excluding carboxylic acids is 4. The Morgan fingerprint density at radius 1 is 0.949 bits per heavy atom. The Bertz CT molecular complexity index is 1470. The van der Waals surface area contributed by atoms with Crippen LogP contribution in [0.1, 0.15) is 42.1 Å². The number of piperidine rings is 1. The summed E-state index contributed by atoms with van der Waals surface area (Å²) in [5.41, 5.74) is 1.03. The zero-order chi connectivity index (χ0) is 27.4. The molecule has 8 nitrogen and oxygen atoms in total. The summed E-state index contributed by atoms with van der Waals surface area (Å²) in [6.45, 7) is 3.20. The van der Waals surface area contributed by atoms with Crippen LogP contribution in [0, 0.1) is 0 Å². The van der Waals surface area contributed by atoms with Crippen molar-refractivity contribution in [3.05, 3.63) is 76.7 Å². The van der Waals surface area contributed by atoms with Gasteiger partial charge in [0.25, 0.3) is 11.1 Å². The van der Waals surface area contributed by atoms with Gasteiger partial charge in [0.15, 0.2) is 11.5 Å². The molecule has 200 valence electrons. The molecule has 3 aromatic carbocycles. The van der Waals surface area contributed by atoms with Gasteiger partial charge in [0.1, 0.15) is 6.54 Å². The molecule has 2 aliphatic heterocycles. The molecule has 5 rings (SSSR count). The monoisotopic (exact) mass is 544 g/mol. The van der Waals surface area contributed by atoms with Crippen molar-refractivity contribution in [2.24, 2.45) is 0 Å². The number of ether oxygens (including phenoxy) is 2. The molecular weight excluding hydrogens is 516 g/mol. The predicted molar refractivity (Wildman–Crippen MR) is 150 cm³/mol. The molecule has 2 saturated heterocycles. The van der Waals surface area contributed by atoms with Crippen LogP contribution in [-0.4, -0.2) is 59.1 Å². The van der Waals surface area contributed by atoms with Gasteiger partial charge in [0.05, 0.1) is 17.1 Å². The van der Waals surface area contributed by atoms with Crippen molar-refractivity contribution in [2.45, 2.75) is 26.2 Å². The minimum absolute atomic E-state index is 0.214. The third-order valence-corrected chi connectivity index (χ3v) is 7.56. The minimum atomic E-state index is -0.514. The molecule has 0 aliphatic carbocycles. The lowest BCUT2D eigenvalue weighted by atomic mass is 10.0.